The first-order valence-electron chi connectivity index (χ1n) is 8.46. The van der Waals surface area contributed by atoms with Crippen LogP contribution in [0.2, 0.25) is 0 Å². The number of benzene rings is 1. The van der Waals surface area contributed by atoms with Gasteiger partial charge in [-0.1, -0.05) is 13.3 Å². The minimum absolute atomic E-state index is 0.219. The summed E-state index contributed by atoms with van der Waals surface area (Å²) < 4.78 is 44.2. The Hall–Kier alpha value is -2.84. The standard InChI is InChI=1S/C18H19F3N4O2/c1-4-5-14-15(6-7-23-24-14)26-16-11(2)8-13(9-12(16)3)25-10-22-17(27-25)18(19,20)21/h6-9H,4-5,10H2,1-3H3. The molecule has 0 radical (unpaired) electrons. The molecule has 0 saturated heterocycles. The smallest absolute Gasteiger partial charge is 0.455 e. The molecule has 2 aromatic rings. The lowest BCUT2D eigenvalue weighted by Crippen LogP contribution is -2.28. The number of aliphatic imine (C=N–C) groups is 1. The molecule has 0 N–H and O–H groups in total. The summed E-state index contributed by atoms with van der Waals surface area (Å²) in [6.07, 6.45) is -1.41. The molecule has 2 heterocycles. The van der Waals surface area contributed by atoms with E-state index in [0.717, 1.165) is 34.7 Å². The highest BCUT2D eigenvalue weighted by Crippen LogP contribution is 2.35. The van der Waals surface area contributed by atoms with Gasteiger partial charge in [0.1, 0.15) is 18.1 Å². The molecule has 3 rings (SSSR count). The molecule has 0 amide bonds. The summed E-state index contributed by atoms with van der Waals surface area (Å²) >= 11 is 0. The number of hydroxylamine groups is 1. The molecule has 1 aliphatic rings. The van der Waals surface area contributed by atoms with Crippen LogP contribution in [-0.4, -0.2) is 28.9 Å². The van der Waals surface area contributed by atoms with E-state index in [1.165, 1.54) is 0 Å². The molecule has 0 spiro atoms. The zero-order valence-electron chi connectivity index (χ0n) is 15.2. The molecule has 1 aromatic heterocycles. The molecule has 0 unspecified atom stereocenters. The van der Waals surface area contributed by atoms with Crippen LogP contribution in [0.1, 0.15) is 30.2 Å². The largest absolute Gasteiger partial charge is 0.471 e. The van der Waals surface area contributed by atoms with Gasteiger partial charge in [0.15, 0.2) is 5.75 Å². The number of nitrogens with zero attached hydrogens (tertiary/aromatic N) is 4. The average molecular weight is 380 g/mol. The van der Waals surface area contributed by atoms with Gasteiger partial charge in [-0.15, -0.1) is 0 Å². The van der Waals surface area contributed by atoms with Crippen LogP contribution in [0.3, 0.4) is 0 Å². The lowest BCUT2D eigenvalue weighted by Gasteiger charge is -2.20. The average Bonchev–Trinajstić information content (AvgIpc) is 3.10. The van der Waals surface area contributed by atoms with Crippen molar-refractivity contribution in [3.63, 3.8) is 0 Å². The maximum Gasteiger partial charge on any atom is 0.471 e. The summed E-state index contributed by atoms with van der Waals surface area (Å²) in [5, 5.41) is 9.10. The van der Waals surface area contributed by atoms with Gasteiger partial charge < -0.3 is 9.57 Å². The van der Waals surface area contributed by atoms with Crippen LogP contribution in [0.5, 0.6) is 11.5 Å². The van der Waals surface area contributed by atoms with Crippen molar-refractivity contribution in [1.82, 2.24) is 10.2 Å². The van der Waals surface area contributed by atoms with Crippen LogP contribution in [-0.2, 0) is 11.3 Å². The zero-order valence-corrected chi connectivity index (χ0v) is 15.2. The van der Waals surface area contributed by atoms with Gasteiger partial charge >= 0.3 is 12.1 Å². The Kier molecular flexibility index (Phi) is 5.20. The number of aromatic nitrogens is 2. The summed E-state index contributed by atoms with van der Waals surface area (Å²) in [6, 6.07) is 5.15. The van der Waals surface area contributed by atoms with Crippen LogP contribution < -0.4 is 9.80 Å². The first kappa shape index (κ1) is 18.9. The molecule has 0 bridgehead atoms. The van der Waals surface area contributed by atoms with E-state index in [1.54, 1.807) is 24.4 Å². The van der Waals surface area contributed by atoms with Gasteiger partial charge in [0.2, 0.25) is 0 Å². The summed E-state index contributed by atoms with van der Waals surface area (Å²) in [4.78, 5) is 8.23. The molecule has 1 aliphatic heterocycles. The van der Waals surface area contributed by atoms with Crippen LogP contribution >= 0.6 is 0 Å². The second kappa shape index (κ2) is 7.42. The predicted molar refractivity (Wildman–Crippen MR) is 93.9 cm³/mol. The third-order valence-electron chi connectivity index (χ3n) is 3.97. The number of rotatable bonds is 5. The number of anilines is 1. The van der Waals surface area contributed by atoms with E-state index in [4.69, 9.17) is 9.57 Å². The molecule has 9 heteroatoms. The number of hydrogen-bond acceptors (Lipinski definition) is 6. The molecule has 0 fully saturated rings. The van der Waals surface area contributed by atoms with Gasteiger partial charge in [-0.2, -0.15) is 28.4 Å². The fraction of sp³-hybridized carbons (Fsp3) is 0.389. The van der Waals surface area contributed by atoms with Crippen molar-refractivity contribution >= 4 is 11.6 Å². The van der Waals surface area contributed by atoms with Crippen molar-refractivity contribution < 1.29 is 22.7 Å². The minimum atomic E-state index is -4.61. The second-order valence-electron chi connectivity index (χ2n) is 6.18. The summed E-state index contributed by atoms with van der Waals surface area (Å²) in [7, 11) is 0. The van der Waals surface area contributed by atoms with E-state index in [9.17, 15) is 13.2 Å². The fourth-order valence-electron chi connectivity index (χ4n) is 2.76. The van der Waals surface area contributed by atoms with Crippen LogP contribution in [0, 0.1) is 13.8 Å². The maximum absolute atomic E-state index is 12.7. The SMILES string of the molecule is CCCc1nnccc1Oc1c(C)cc(N2CN=C(C(F)(F)F)O2)cc1C. The number of halogens is 3. The molecule has 144 valence electrons. The third-order valence-corrected chi connectivity index (χ3v) is 3.97. The molecule has 1 aromatic carbocycles. The van der Waals surface area contributed by atoms with Crippen molar-refractivity contribution in [2.75, 3.05) is 11.7 Å². The molecule has 0 aliphatic carbocycles. The van der Waals surface area contributed by atoms with Crippen LogP contribution in [0.25, 0.3) is 0 Å². The quantitative estimate of drug-likeness (QED) is 0.764. The third kappa shape index (κ3) is 4.12. The van der Waals surface area contributed by atoms with E-state index >= 15 is 0 Å². The van der Waals surface area contributed by atoms with Crippen molar-refractivity contribution in [3.05, 3.63) is 41.2 Å². The highest BCUT2D eigenvalue weighted by atomic mass is 19.4. The Morgan fingerprint density at radius 1 is 1.22 bits per heavy atom. The Morgan fingerprint density at radius 3 is 2.52 bits per heavy atom. The maximum atomic E-state index is 12.7. The van der Waals surface area contributed by atoms with E-state index in [0.29, 0.717) is 17.2 Å². The molecular weight excluding hydrogens is 361 g/mol. The number of ether oxygens (including phenoxy) is 1. The molecule has 6 nitrogen and oxygen atoms in total. The lowest BCUT2D eigenvalue weighted by molar-refractivity contribution is -0.0764. The Balaban J connectivity index is 1.83. The molecule has 27 heavy (non-hydrogen) atoms. The van der Waals surface area contributed by atoms with E-state index in [-0.39, 0.29) is 6.67 Å². The summed E-state index contributed by atoms with van der Waals surface area (Å²) in [6.45, 7) is 5.46. The zero-order chi connectivity index (χ0) is 19.6. The lowest BCUT2D eigenvalue weighted by atomic mass is 10.1. The van der Waals surface area contributed by atoms with Gasteiger partial charge in [-0.3, -0.25) is 0 Å². The van der Waals surface area contributed by atoms with Gasteiger partial charge in [-0.25, -0.2) is 4.99 Å². The molecule has 0 saturated carbocycles. The van der Waals surface area contributed by atoms with Crippen LogP contribution in [0.15, 0.2) is 29.4 Å². The molecular formula is C18H19F3N4O2. The van der Waals surface area contributed by atoms with Crippen molar-refractivity contribution in [2.45, 2.75) is 39.8 Å². The van der Waals surface area contributed by atoms with Crippen molar-refractivity contribution in [1.29, 1.82) is 0 Å². The van der Waals surface area contributed by atoms with E-state index < -0.39 is 12.1 Å². The Bertz CT molecular complexity index is 845. The minimum Gasteiger partial charge on any atom is -0.455 e. The number of aryl methyl sites for hydroxylation is 3. The summed E-state index contributed by atoms with van der Waals surface area (Å²) in [5.41, 5.74) is 2.75. The Labute approximate surface area is 154 Å². The predicted octanol–water partition coefficient (Wildman–Crippen LogP) is 4.51. The topological polar surface area (TPSA) is 59.8 Å². The van der Waals surface area contributed by atoms with Crippen molar-refractivity contribution in [3.8, 4) is 11.5 Å². The van der Waals surface area contributed by atoms with Crippen molar-refractivity contribution in [2.24, 2.45) is 4.99 Å². The van der Waals surface area contributed by atoms with Gasteiger partial charge in [0, 0.05) is 6.07 Å². The first-order chi connectivity index (χ1) is 12.8. The summed E-state index contributed by atoms with van der Waals surface area (Å²) in [5.74, 6) is -0.00335. The highest BCUT2D eigenvalue weighted by molar-refractivity contribution is 5.84. The van der Waals surface area contributed by atoms with Gasteiger partial charge in [0.25, 0.3) is 0 Å². The van der Waals surface area contributed by atoms with Gasteiger partial charge in [0.05, 0.1) is 11.9 Å². The first-order valence-corrected chi connectivity index (χ1v) is 8.46. The van der Waals surface area contributed by atoms with Crippen LogP contribution in [0.4, 0.5) is 18.9 Å². The fourth-order valence-corrected chi connectivity index (χ4v) is 2.76. The number of hydrogen-bond donors (Lipinski definition) is 0. The van der Waals surface area contributed by atoms with E-state index in [2.05, 4.69) is 15.2 Å². The highest BCUT2D eigenvalue weighted by Gasteiger charge is 2.42. The monoisotopic (exact) mass is 380 g/mol. The normalized spacial score (nSPS) is 14.1. The Morgan fingerprint density at radius 2 is 1.93 bits per heavy atom. The second-order valence-corrected chi connectivity index (χ2v) is 6.18. The van der Waals surface area contributed by atoms with E-state index in [1.807, 2.05) is 20.8 Å². The van der Waals surface area contributed by atoms with Gasteiger partial charge in [-0.05, 0) is 43.5 Å². The number of alkyl halides is 3. The molecule has 0 atom stereocenters.